The maximum Gasteiger partial charge on any atom is 0.223 e. The standard InChI is InChI=1S/C13H20N2O2/c1-17-12-6-10-14(11-12)7-2-3-8-15-9-4-5-13(15)16/h12H,4-11H2,1H3. The van der Waals surface area contributed by atoms with Gasteiger partial charge in [0, 0.05) is 33.2 Å². The van der Waals surface area contributed by atoms with Gasteiger partial charge in [-0.05, 0) is 12.8 Å². The van der Waals surface area contributed by atoms with Gasteiger partial charge in [-0.1, -0.05) is 11.8 Å². The largest absolute Gasteiger partial charge is 0.380 e. The molecule has 0 bridgehead atoms. The topological polar surface area (TPSA) is 32.8 Å². The van der Waals surface area contributed by atoms with E-state index in [4.69, 9.17) is 4.74 Å². The quantitative estimate of drug-likeness (QED) is 0.662. The molecule has 2 aliphatic rings. The molecule has 0 radical (unpaired) electrons. The third-order valence-corrected chi connectivity index (χ3v) is 3.43. The predicted molar refractivity (Wildman–Crippen MR) is 65.4 cm³/mol. The normalized spacial score (nSPS) is 25.1. The number of rotatable bonds is 3. The van der Waals surface area contributed by atoms with Gasteiger partial charge in [0.1, 0.15) is 0 Å². The lowest BCUT2D eigenvalue weighted by atomic mass is 10.3. The lowest BCUT2D eigenvalue weighted by Gasteiger charge is -2.12. The molecule has 0 N–H and O–H groups in total. The van der Waals surface area contributed by atoms with Crippen LogP contribution in [-0.4, -0.2) is 61.6 Å². The van der Waals surface area contributed by atoms with Crippen LogP contribution in [0.4, 0.5) is 0 Å². The van der Waals surface area contributed by atoms with Crippen molar-refractivity contribution in [1.29, 1.82) is 0 Å². The first-order valence-corrected chi connectivity index (χ1v) is 6.28. The van der Waals surface area contributed by atoms with Crippen molar-refractivity contribution in [3.05, 3.63) is 0 Å². The minimum Gasteiger partial charge on any atom is -0.380 e. The summed E-state index contributed by atoms with van der Waals surface area (Å²) in [5.41, 5.74) is 0. The van der Waals surface area contributed by atoms with Crippen LogP contribution in [0.15, 0.2) is 0 Å². The SMILES string of the molecule is COC1CCN(CC#CCN2CCCC2=O)C1. The highest BCUT2D eigenvalue weighted by Crippen LogP contribution is 2.10. The number of carbonyl (C=O) groups is 1. The molecule has 2 rings (SSSR count). The molecule has 17 heavy (non-hydrogen) atoms. The molecule has 0 aromatic carbocycles. The van der Waals surface area contributed by atoms with E-state index in [-0.39, 0.29) is 5.91 Å². The van der Waals surface area contributed by atoms with Crippen LogP contribution in [0.1, 0.15) is 19.3 Å². The van der Waals surface area contributed by atoms with Gasteiger partial charge in [0.2, 0.25) is 5.91 Å². The van der Waals surface area contributed by atoms with Gasteiger partial charge >= 0.3 is 0 Å². The molecule has 1 amide bonds. The van der Waals surface area contributed by atoms with Gasteiger partial charge in [-0.15, -0.1) is 0 Å². The number of hydrogen-bond donors (Lipinski definition) is 0. The van der Waals surface area contributed by atoms with Gasteiger partial charge in [0.25, 0.3) is 0 Å². The fourth-order valence-corrected chi connectivity index (χ4v) is 2.32. The number of ether oxygens (including phenoxy) is 1. The average molecular weight is 236 g/mol. The van der Waals surface area contributed by atoms with Gasteiger partial charge in [-0.2, -0.15) is 0 Å². The van der Waals surface area contributed by atoms with Crippen LogP contribution >= 0.6 is 0 Å². The summed E-state index contributed by atoms with van der Waals surface area (Å²) < 4.78 is 5.30. The van der Waals surface area contributed by atoms with E-state index in [1.807, 2.05) is 4.90 Å². The van der Waals surface area contributed by atoms with E-state index >= 15 is 0 Å². The second-order valence-corrected chi connectivity index (χ2v) is 4.65. The monoisotopic (exact) mass is 236 g/mol. The van der Waals surface area contributed by atoms with Gasteiger partial charge in [0.05, 0.1) is 19.2 Å². The number of amides is 1. The average Bonchev–Trinajstić information content (AvgIpc) is 2.94. The maximum atomic E-state index is 11.3. The number of nitrogens with zero attached hydrogens (tertiary/aromatic N) is 2. The Morgan fingerprint density at radius 1 is 1.35 bits per heavy atom. The van der Waals surface area contributed by atoms with E-state index in [1.54, 1.807) is 7.11 Å². The Hall–Kier alpha value is -1.05. The first-order valence-electron chi connectivity index (χ1n) is 6.28. The Kier molecular flexibility index (Phi) is 4.41. The van der Waals surface area contributed by atoms with Gasteiger partial charge in [0.15, 0.2) is 0 Å². The molecule has 0 aromatic heterocycles. The molecule has 0 saturated carbocycles. The van der Waals surface area contributed by atoms with E-state index in [0.717, 1.165) is 39.0 Å². The minimum atomic E-state index is 0.250. The van der Waals surface area contributed by atoms with Crippen molar-refractivity contribution < 1.29 is 9.53 Å². The van der Waals surface area contributed by atoms with E-state index in [0.29, 0.717) is 19.1 Å². The number of hydrogen-bond acceptors (Lipinski definition) is 3. The smallest absolute Gasteiger partial charge is 0.223 e. The molecule has 1 atom stereocenters. The molecule has 4 nitrogen and oxygen atoms in total. The van der Waals surface area contributed by atoms with E-state index in [2.05, 4.69) is 16.7 Å². The molecule has 0 spiro atoms. The van der Waals surface area contributed by atoms with E-state index in [9.17, 15) is 4.79 Å². The van der Waals surface area contributed by atoms with Crippen molar-refractivity contribution in [3.8, 4) is 11.8 Å². The third-order valence-electron chi connectivity index (χ3n) is 3.43. The molecule has 2 saturated heterocycles. The Balaban J connectivity index is 1.67. The highest BCUT2D eigenvalue weighted by Gasteiger charge is 2.21. The summed E-state index contributed by atoms with van der Waals surface area (Å²) >= 11 is 0. The predicted octanol–water partition coefficient (Wildman–Crippen LogP) is 0.333. The summed E-state index contributed by atoms with van der Waals surface area (Å²) in [7, 11) is 1.76. The molecule has 94 valence electrons. The number of likely N-dealkylation sites (tertiary alicyclic amines) is 2. The number of methoxy groups -OCH3 is 1. The van der Waals surface area contributed by atoms with Crippen LogP contribution in [0, 0.1) is 11.8 Å². The lowest BCUT2D eigenvalue weighted by Crippen LogP contribution is -2.25. The Morgan fingerprint density at radius 3 is 2.82 bits per heavy atom. The van der Waals surface area contributed by atoms with Crippen LogP contribution in [0.5, 0.6) is 0 Å². The van der Waals surface area contributed by atoms with Gasteiger partial charge in [-0.3, -0.25) is 9.69 Å². The fraction of sp³-hybridized carbons (Fsp3) is 0.769. The highest BCUT2D eigenvalue weighted by molar-refractivity contribution is 5.78. The zero-order valence-electron chi connectivity index (χ0n) is 10.4. The first-order chi connectivity index (χ1) is 8.29. The minimum absolute atomic E-state index is 0.250. The Labute approximate surface area is 103 Å². The van der Waals surface area contributed by atoms with Gasteiger partial charge < -0.3 is 9.64 Å². The molecule has 2 heterocycles. The summed E-state index contributed by atoms with van der Waals surface area (Å²) in [4.78, 5) is 15.5. The van der Waals surface area contributed by atoms with Crippen LogP contribution in [0.2, 0.25) is 0 Å². The summed E-state index contributed by atoms with van der Waals surface area (Å²) in [6, 6.07) is 0. The van der Waals surface area contributed by atoms with Crippen molar-refractivity contribution in [3.63, 3.8) is 0 Å². The third kappa shape index (κ3) is 3.45. The van der Waals surface area contributed by atoms with Crippen molar-refractivity contribution in [2.45, 2.75) is 25.4 Å². The zero-order chi connectivity index (χ0) is 12.1. The van der Waals surface area contributed by atoms with E-state index < -0.39 is 0 Å². The molecule has 4 heteroatoms. The maximum absolute atomic E-state index is 11.3. The molecule has 1 unspecified atom stereocenters. The van der Waals surface area contributed by atoms with Gasteiger partial charge in [-0.25, -0.2) is 0 Å². The molecule has 2 fully saturated rings. The first kappa shape index (κ1) is 12.4. The molecule has 0 aromatic rings. The highest BCUT2D eigenvalue weighted by atomic mass is 16.5. The van der Waals surface area contributed by atoms with Crippen LogP contribution < -0.4 is 0 Å². The van der Waals surface area contributed by atoms with Crippen LogP contribution in [0.25, 0.3) is 0 Å². The summed E-state index contributed by atoms with van der Waals surface area (Å²) in [6.45, 7) is 4.31. The summed E-state index contributed by atoms with van der Waals surface area (Å²) in [5.74, 6) is 6.49. The lowest BCUT2D eigenvalue weighted by molar-refractivity contribution is -0.127. The van der Waals surface area contributed by atoms with Crippen LogP contribution in [-0.2, 0) is 9.53 Å². The molecular formula is C13H20N2O2. The second-order valence-electron chi connectivity index (χ2n) is 4.65. The summed E-state index contributed by atoms with van der Waals surface area (Å²) in [5, 5.41) is 0. The van der Waals surface area contributed by atoms with Crippen molar-refractivity contribution >= 4 is 5.91 Å². The fourth-order valence-electron chi connectivity index (χ4n) is 2.32. The Bertz CT molecular complexity index is 332. The summed E-state index contributed by atoms with van der Waals surface area (Å²) in [6.07, 6.45) is 3.16. The van der Waals surface area contributed by atoms with Crippen molar-refractivity contribution in [2.24, 2.45) is 0 Å². The Morgan fingerprint density at radius 2 is 2.18 bits per heavy atom. The molecule has 2 aliphatic heterocycles. The molecular weight excluding hydrogens is 216 g/mol. The van der Waals surface area contributed by atoms with Crippen LogP contribution in [0.3, 0.4) is 0 Å². The number of carbonyl (C=O) groups excluding carboxylic acids is 1. The van der Waals surface area contributed by atoms with Crippen molar-refractivity contribution in [2.75, 3.05) is 39.8 Å². The van der Waals surface area contributed by atoms with Crippen molar-refractivity contribution in [1.82, 2.24) is 9.80 Å². The second kappa shape index (κ2) is 6.04. The zero-order valence-corrected chi connectivity index (χ0v) is 10.4. The van der Waals surface area contributed by atoms with E-state index in [1.165, 1.54) is 0 Å². The molecule has 0 aliphatic carbocycles.